The van der Waals surface area contributed by atoms with Crippen LogP contribution >= 0.6 is 0 Å². The van der Waals surface area contributed by atoms with Crippen LogP contribution in [0.25, 0.3) is 0 Å². The highest BCUT2D eigenvalue weighted by atomic mass is 16.5. The maximum absolute atomic E-state index is 12.1. The summed E-state index contributed by atoms with van der Waals surface area (Å²) in [5, 5.41) is 8.91. The predicted molar refractivity (Wildman–Crippen MR) is 78.5 cm³/mol. The van der Waals surface area contributed by atoms with Crippen molar-refractivity contribution < 1.29 is 19.4 Å². The average molecular weight is 291 g/mol. The molecule has 0 spiro atoms. The Balaban J connectivity index is 1.88. The molecule has 1 amide bonds. The molecule has 0 bridgehead atoms. The minimum Gasteiger partial charge on any atom is -0.484 e. The third kappa shape index (κ3) is 4.21. The minimum atomic E-state index is -1.01. The second-order valence-electron chi connectivity index (χ2n) is 5.42. The van der Waals surface area contributed by atoms with Crippen molar-refractivity contribution >= 4 is 11.9 Å². The van der Waals surface area contributed by atoms with Gasteiger partial charge >= 0.3 is 5.97 Å². The molecule has 5 heteroatoms. The molecule has 1 aromatic rings. The molecule has 0 aromatic heterocycles. The molecule has 2 rings (SSSR count). The SMILES string of the molecule is CN(C(=O)COc1cccc(C(=O)O)c1)C1CCCCC1. The summed E-state index contributed by atoms with van der Waals surface area (Å²) in [5.74, 6) is -0.672. The molecule has 0 unspecified atom stereocenters. The molecule has 0 radical (unpaired) electrons. The number of rotatable bonds is 5. The second kappa shape index (κ2) is 7.11. The molecule has 21 heavy (non-hydrogen) atoms. The van der Waals surface area contributed by atoms with Crippen LogP contribution in [0.15, 0.2) is 24.3 Å². The van der Waals surface area contributed by atoms with E-state index >= 15 is 0 Å². The fourth-order valence-electron chi connectivity index (χ4n) is 2.64. The van der Waals surface area contributed by atoms with E-state index < -0.39 is 5.97 Å². The Labute approximate surface area is 124 Å². The van der Waals surface area contributed by atoms with Gasteiger partial charge in [0.25, 0.3) is 5.91 Å². The standard InChI is InChI=1S/C16H21NO4/c1-17(13-7-3-2-4-8-13)15(18)11-21-14-9-5-6-12(10-14)16(19)20/h5-6,9-10,13H,2-4,7-8,11H2,1H3,(H,19,20). The first-order valence-corrected chi connectivity index (χ1v) is 7.30. The molecule has 1 aliphatic rings. The summed E-state index contributed by atoms with van der Waals surface area (Å²) in [6.45, 7) is -0.0595. The zero-order valence-corrected chi connectivity index (χ0v) is 12.2. The topological polar surface area (TPSA) is 66.8 Å². The van der Waals surface area contributed by atoms with Gasteiger partial charge in [-0.1, -0.05) is 25.3 Å². The molecule has 1 aliphatic carbocycles. The number of hydrogen-bond acceptors (Lipinski definition) is 3. The normalized spacial score (nSPS) is 15.5. The minimum absolute atomic E-state index is 0.0595. The zero-order chi connectivity index (χ0) is 15.2. The van der Waals surface area contributed by atoms with Gasteiger partial charge in [-0.2, -0.15) is 0 Å². The van der Waals surface area contributed by atoms with Crippen molar-refractivity contribution in [3.05, 3.63) is 29.8 Å². The lowest BCUT2D eigenvalue weighted by Gasteiger charge is -2.31. The van der Waals surface area contributed by atoms with Gasteiger partial charge in [-0.3, -0.25) is 4.79 Å². The van der Waals surface area contributed by atoms with Crippen molar-refractivity contribution in [2.45, 2.75) is 38.1 Å². The zero-order valence-electron chi connectivity index (χ0n) is 12.2. The number of carbonyl (C=O) groups excluding carboxylic acids is 1. The Morgan fingerprint density at radius 2 is 2.00 bits per heavy atom. The number of hydrogen-bond donors (Lipinski definition) is 1. The Morgan fingerprint density at radius 3 is 2.67 bits per heavy atom. The number of likely N-dealkylation sites (N-methyl/N-ethyl adjacent to an activating group) is 1. The molecule has 5 nitrogen and oxygen atoms in total. The van der Waals surface area contributed by atoms with E-state index in [0.717, 1.165) is 12.8 Å². The third-order valence-corrected chi connectivity index (χ3v) is 3.96. The highest BCUT2D eigenvalue weighted by Gasteiger charge is 2.22. The molecule has 1 aromatic carbocycles. The van der Waals surface area contributed by atoms with Crippen LogP contribution in [0.2, 0.25) is 0 Å². The van der Waals surface area contributed by atoms with Gasteiger partial charge in [0, 0.05) is 13.1 Å². The average Bonchev–Trinajstić information content (AvgIpc) is 2.53. The first-order chi connectivity index (χ1) is 10.1. The van der Waals surface area contributed by atoms with Crippen LogP contribution < -0.4 is 4.74 Å². The first-order valence-electron chi connectivity index (χ1n) is 7.30. The molecule has 0 saturated heterocycles. The van der Waals surface area contributed by atoms with E-state index in [1.54, 1.807) is 17.0 Å². The lowest BCUT2D eigenvalue weighted by atomic mass is 9.94. The summed E-state index contributed by atoms with van der Waals surface area (Å²) in [7, 11) is 1.81. The van der Waals surface area contributed by atoms with Crippen molar-refractivity contribution in [3.8, 4) is 5.75 Å². The van der Waals surface area contributed by atoms with Crippen molar-refractivity contribution in [2.24, 2.45) is 0 Å². The summed E-state index contributed by atoms with van der Waals surface area (Å²) < 4.78 is 5.42. The van der Waals surface area contributed by atoms with E-state index in [9.17, 15) is 9.59 Å². The van der Waals surface area contributed by atoms with Crippen LogP contribution in [0, 0.1) is 0 Å². The maximum atomic E-state index is 12.1. The summed E-state index contributed by atoms with van der Waals surface area (Å²) in [6.07, 6.45) is 5.69. The Kier molecular flexibility index (Phi) is 5.20. The van der Waals surface area contributed by atoms with Gasteiger partial charge in [0.1, 0.15) is 5.75 Å². The highest BCUT2D eigenvalue weighted by Crippen LogP contribution is 2.22. The van der Waals surface area contributed by atoms with Gasteiger partial charge in [-0.05, 0) is 31.0 Å². The van der Waals surface area contributed by atoms with Gasteiger partial charge in [0.15, 0.2) is 6.61 Å². The summed E-state index contributed by atoms with van der Waals surface area (Å²) >= 11 is 0. The van der Waals surface area contributed by atoms with Gasteiger partial charge in [0.2, 0.25) is 0 Å². The molecule has 0 atom stereocenters. The fraction of sp³-hybridized carbons (Fsp3) is 0.500. The van der Waals surface area contributed by atoms with E-state index in [0.29, 0.717) is 11.8 Å². The van der Waals surface area contributed by atoms with E-state index in [1.165, 1.54) is 31.4 Å². The van der Waals surface area contributed by atoms with Crippen LogP contribution in [-0.4, -0.2) is 41.6 Å². The van der Waals surface area contributed by atoms with E-state index in [2.05, 4.69) is 0 Å². The number of benzene rings is 1. The lowest BCUT2D eigenvalue weighted by molar-refractivity contribution is -0.134. The predicted octanol–water partition coefficient (Wildman–Crippen LogP) is 2.55. The fourth-order valence-corrected chi connectivity index (χ4v) is 2.64. The number of aromatic carboxylic acids is 1. The van der Waals surface area contributed by atoms with Crippen molar-refractivity contribution in [1.82, 2.24) is 4.90 Å². The third-order valence-electron chi connectivity index (χ3n) is 3.96. The Hall–Kier alpha value is -2.04. The molecule has 0 heterocycles. The largest absolute Gasteiger partial charge is 0.484 e. The van der Waals surface area contributed by atoms with Gasteiger partial charge in [-0.25, -0.2) is 4.79 Å². The van der Waals surface area contributed by atoms with E-state index in [1.807, 2.05) is 7.05 Å². The highest BCUT2D eigenvalue weighted by molar-refractivity contribution is 5.88. The number of amides is 1. The quantitative estimate of drug-likeness (QED) is 0.905. The van der Waals surface area contributed by atoms with Gasteiger partial charge in [-0.15, -0.1) is 0 Å². The van der Waals surface area contributed by atoms with Crippen molar-refractivity contribution in [1.29, 1.82) is 0 Å². The van der Waals surface area contributed by atoms with Crippen molar-refractivity contribution in [3.63, 3.8) is 0 Å². The molecule has 1 fully saturated rings. The number of nitrogens with zero attached hydrogens (tertiary/aromatic N) is 1. The molecular formula is C16H21NO4. The molecule has 1 saturated carbocycles. The van der Waals surface area contributed by atoms with E-state index in [-0.39, 0.29) is 18.1 Å². The van der Waals surface area contributed by atoms with Crippen LogP contribution in [0.3, 0.4) is 0 Å². The Morgan fingerprint density at radius 1 is 1.29 bits per heavy atom. The molecule has 0 aliphatic heterocycles. The number of carbonyl (C=O) groups is 2. The smallest absolute Gasteiger partial charge is 0.335 e. The van der Waals surface area contributed by atoms with Crippen LogP contribution in [0.1, 0.15) is 42.5 Å². The van der Waals surface area contributed by atoms with Crippen LogP contribution in [0.4, 0.5) is 0 Å². The van der Waals surface area contributed by atoms with Crippen LogP contribution in [0.5, 0.6) is 5.75 Å². The van der Waals surface area contributed by atoms with Crippen molar-refractivity contribution in [2.75, 3.05) is 13.7 Å². The monoisotopic (exact) mass is 291 g/mol. The van der Waals surface area contributed by atoms with Gasteiger partial charge in [0.05, 0.1) is 5.56 Å². The maximum Gasteiger partial charge on any atom is 0.335 e. The number of ether oxygens (including phenoxy) is 1. The summed E-state index contributed by atoms with van der Waals surface area (Å²) in [4.78, 5) is 24.8. The number of carboxylic acid groups (broad SMARTS) is 1. The Bertz CT molecular complexity index is 509. The molecular weight excluding hydrogens is 270 g/mol. The van der Waals surface area contributed by atoms with E-state index in [4.69, 9.17) is 9.84 Å². The van der Waals surface area contributed by atoms with Crippen LogP contribution in [-0.2, 0) is 4.79 Å². The van der Waals surface area contributed by atoms with Gasteiger partial charge < -0.3 is 14.7 Å². The first kappa shape index (κ1) is 15.4. The summed E-state index contributed by atoms with van der Waals surface area (Å²) in [6, 6.07) is 6.48. The summed E-state index contributed by atoms with van der Waals surface area (Å²) in [5.41, 5.74) is 0.153. The number of carboxylic acids is 1. The lowest BCUT2D eigenvalue weighted by Crippen LogP contribution is -2.40. The molecule has 1 N–H and O–H groups in total. The molecule has 114 valence electrons. The second-order valence-corrected chi connectivity index (χ2v) is 5.42.